The molecular formula is C29H34ClN5O4S. The lowest BCUT2D eigenvalue weighted by Gasteiger charge is -2.34. The molecule has 1 saturated heterocycles. The van der Waals surface area contributed by atoms with E-state index in [2.05, 4.69) is 22.5 Å². The summed E-state index contributed by atoms with van der Waals surface area (Å²) < 4.78 is 32.3. The molecule has 2 aliphatic rings. The number of benzene rings is 2. The Balaban J connectivity index is 1.51. The molecule has 2 fully saturated rings. The third-order valence-electron chi connectivity index (χ3n) is 7.26. The fourth-order valence-corrected chi connectivity index (χ4v) is 6.89. The first-order valence-electron chi connectivity index (χ1n) is 13.5. The van der Waals surface area contributed by atoms with Gasteiger partial charge in [-0.25, -0.2) is 23.2 Å². The van der Waals surface area contributed by atoms with E-state index in [1.807, 2.05) is 32.0 Å². The number of hydrogen-bond acceptors (Lipinski definition) is 7. The van der Waals surface area contributed by atoms with Crippen LogP contribution in [0.5, 0.6) is 0 Å². The van der Waals surface area contributed by atoms with Gasteiger partial charge in [0.2, 0.25) is 0 Å². The number of amides is 2. The smallest absolute Gasteiger partial charge is 0.319 e. The molecule has 2 heterocycles. The topological polar surface area (TPSA) is 114 Å². The minimum atomic E-state index is -3.74. The van der Waals surface area contributed by atoms with Crippen molar-refractivity contribution in [3.63, 3.8) is 0 Å². The van der Waals surface area contributed by atoms with Crippen LogP contribution in [0.3, 0.4) is 0 Å². The van der Waals surface area contributed by atoms with E-state index in [4.69, 9.17) is 26.3 Å². The summed E-state index contributed by atoms with van der Waals surface area (Å²) in [6.45, 7) is 8.46. The molecule has 2 amide bonds. The van der Waals surface area contributed by atoms with Crippen molar-refractivity contribution >= 4 is 39.0 Å². The molecule has 11 heteroatoms. The van der Waals surface area contributed by atoms with E-state index in [9.17, 15) is 13.2 Å². The molecule has 40 heavy (non-hydrogen) atoms. The molecule has 5 rings (SSSR count). The molecule has 1 aliphatic carbocycles. The SMILES string of the molecule is CC(C)CNC(=O)Nc1ccc(-c2nc(N3CCOC[C@@H]3C)cc(C3(S(=O)(=O)c4ccc(Cl)cc4)CC3)n2)cc1. The molecule has 0 unspecified atom stereocenters. The van der Waals surface area contributed by atoms with Crippen molar-refractivity contribution in [2.24, 2.45) is 5.92 Å². The van der Waals surface area contributed by atoms with Crippen LogP contribution in [0.15, 0.2) is 59.5 Å². The standard InChI is InChI=1S/C29H34ClN5O4S/c1-19(2)17-31-28(36)32-23-8-4-21(5-9-23)27-33-25(16-26(34-27)35-14-15-39-18-20(35)3)29(12-13-29)40(37,38)24-10-6-22(30)7-11-24/h4-11,16,19-20H,12-15,17-18H2,1-3H3,(H2,31,32,36)/t20-/m0/s1. The minimum absolute atomic E-state index is 0.0725. The van der Waals surface area contributed by atoms with Crippen molar-refractivity contribution in [2.45, 2.75) is 49.3 Å². The highest BCUT2D eigenvalue weighted by Crippen LogP contribution is 2.55. The number of halogens is 1. The lowest BCUT2D eigenvalue weighted by molar-refractivity contribution is 0.0985. The van der Waals surface area contributed by atoms with E-state index in [1.165, 1.54) is 0 Å². The van der Waals surface area contributed by atoms with Crippen molar-refractivity contribution < 1.29 is 17.9 Å². The molecule has 1 saturated carbocycles. The highest BCUT2D eigenvalue weighted by molar-refractivity contribution is 7.92. The summed E-state index contributed by atoms with van der Waals surface area (Å²) in [4.78, 5) is 24.3. The van der Waals surface area contributed by atoms with E-state index in [-0.39, 0.29) is 17.0 Å². The van der Waals surface area contributed by atoms with Crippen molar-refractivity contribution in [1.82, 2.24) is 15.3 Å². The Bertz CT molecular complexity index is 1480. The van der Waals surface area contributed by atoms with Crippen molar-refractivity contribution in [3.8, 4) is 11.4 Å². The maximum atomic E-state index is 13.9. The highest BCUT2D eigenvalue weighted by Gasteiger charge is 2.58. The second kappa shape index (κ2) is 11.3. The van der Waals surface area contributed by atoms with Crippen molar-refractivity contribution in [1.29, 1.82) is 0 Å². The molecule has 9 nitrogen and oxygen atoms in total. The van der Waals surface area contributed by atoms with Gasteiger partial charge in [-0.15, -0.1) is 0 Å². The molecule has 3 aromatic rings. The fraction of sp³-hybridized carbons (Fsp3) is 0.414. The summed E-state index contributed by atoms with van der Waals surface area (Å²) in [7, 11) is -3.74. The van der Waals surface area contributed by atoms with Gasteiger partial charge in [0, 0.05) is 35.4 Å². The van der Waals surface area contributed by atoms with Crippen LogP contribution in [0.4, 0.5) is 16.3 Å². The number of nitrogens with zero attached hydrogens (tertiary/aromatic N) is 3. The Morgan fingerprint density at radius 2 is 1.82 bits per heavy atom. The Kier molecular flexibility index (Phi) is 8.03. The van der Waals surface area contributed by atoms with E-state index in [0.29, 0.717) is 73.1 Å². The van der Waals surface area contributed by atoms with E-state index < -0.39 is 14.6 Å². The van der Waals surface area contributed by atoms with E-state index >= 15 is 0 Å². The molecule has 212 valence electrons. The van der Waals surface area contributed by atoms with Crippen LogP contribution in [0.25, 0.3) is 11.4 Å². The van der Waals surface area contributed by atoms with Crippen LogP contribution in [0.1, 0.15) is 39.3 Å². The number of anilines is 2. The minimum Gasteiger partial charge on any atom is -0.377 e. The molecule has 0 spiro atoms. The molecule has 1 atom stereocenters. The molecule has 0 radical (unpaired) electrons. The zero-order chi connectivity index (χ0) is 28.5. The second-order valence-electron chi connectivity index (χ2n) is 10.8. The summed E-state index contributed by atoms with van der Waals surface area (Å²) in [6, 6.07) is 15.1. The van der Waals surface area contributed by atoms with Crippen LogP contribution in [-0.2, 0) is 19.3 Å². The van der Waals surface area contributed by atoms with Gasteiger partial charge in [-0.3, -0.25) is 0 Å². The molecule has 2 aromatic carbocycles. The van der Waals surface area contributed by atoms with Crippen molar-refractivity contribution in [3.05, 3.63) is 65.3 Å². The number of hydrogen-bond donors (Lipinski definition) is 2. The molecule has 1 aliphatic heterocycles. The number of aromatic nitrogens is 2. The van der Waals surface area contributed by atoms with Crippen LogP contribution >= 0.6 is 11.6 Å². The summed E-state index contributed by atoms with van der Waals surface area (Å²) in [5.41, 5.74) is 1.83. The molecule has 0 bridgehead atoms. The Morgan fingerprint density at radius 1 is 1.12 bits per heavy atom. The second-order valence-corrected chi connectivity index (χ2v) is 13.5. The number of urea groups is 1. The Morgan fingerprint density at radius 3 is 2.45 bits per heavy atom. The normalized spacial score (nSPS) is 18.4. The summed E-state index contributed by atoms with van der Waals surface area (Å²) >= 11 is 6.03. The van der Waals surface area contributed by atoms with Gasteiger partial charge in [0.05, 0.1) is 29.8 Å². The van der Waals surface area contributed by atoms with Gasteiger partial charge >= 0.3 is 6.03 Å². The van der Waals surface area contributed by atoms with Gasteiger partial charge in [-0.05, 0) is 74.2 Å². The monoisotopic (exact) mass is 583 g/mol. The third kappa shape index (κ3) is 5.80. The predicted molar refractivity (Wildman–Crippen MR) is 157 cm³/mol. The molecule has 2 N–H and O–H groups in total. The average Bonchev–Trinajstić information content (AvgIpc) is 3.76. The third-order valence-corrected chi connectivity index (χ3v) is 10.0. The van der Waals surface area contributed by atoms with Crippen LogP contribution in [0, 0.1) is 5.92 Å². The number of carbonyl (C=O) groups is 1. The van der Waals surface area contributed by atoms with E-state index in [0.717, 1.165) is 5.56 Å². The zero-order valence-corrected chi connectivity index (χ0v) is 24.4. The van der Waals surface area contributed by atoms with E-state index in [1.54, 1.807) is 36.4 Å². The lowest BCUT2D eigenvalue weighted by Crippen LogP contribution is -2.44. The largest absolute Gasteiger partial charge is 0.377 e. The number of morpholine rings is 1. The summed E-state index contributed by atoms with van der Waals surface area (Å²) in [6.07, 6.45) is 0.946. The van der Waals surface area contributed by atoms with Gasteiger partial charge in [0.1, 0.15) is 10.6 Å². The maximum absolute atomic E-state index is 13.9. The lowest BCUT2D eigenvalue weighted by atomic mass is 10.1. The number of carbonyl (C=O) groups excluding carboxylic acids is 1. The van der Waals surface area contributed by atoms with Gasteiger partial charge in [-0.2, -0.15) is 0 Å². The van der Waals surface area contributed by atoms with Gasteiger partial charge in [0.25, 0.3) is 0 Å². The first-order valence-corrected chi connectivity index (χ1v) is 15.3. The molecular weight excluding hydrogens is 550 g/mol. The van der Waals surface area contributed by atoms with Crippen molar-refractivity contribution in [2.75, 3.05) is 36.5 Å². The summed E-state index contributed by atoms with van der Waals surface area (Å²) in [5, 5.41) is 6.14. The maximum Gasteiger partial charge on any atom is 0.319 e. The number of nitrogens with one attached hydrogen (secondary N) is 2. The van der Waals surface area contributed by atoms with Gasteiger partial charge < -0.3 is 20.3 Å². The predicted octanol–water partition coefficient (Wildman–Crippen LogP) is 5.26. The van der Waals surface area contributed by atoms with Crippen LogP contribution in [-0.4, -0.2) is 56.8 Å². The van der Waals surface area contributed by atoms with Gasteiger partial charge in [-0.1, -0.05) is 25.4 Å². The fourth-order valence-electron chi connectivity index (χ4n) is 4.80. The van der Waals surface area contributed by atoms with Crippen LogP contribution < -0.4 is 15.5 Å². The number of ether oxygens (including phenoxy) is 1. The first kappa shape index (κ1) is 28.3. The van der Waals surface area contributed by atoms with Crippen LogP contribution in [0.2, 0.25) is 5.02 Å². The quantitative estimate of drug-likeness (QED) is 0.372. The number of rotatable bonds is 8. The first-order chi connectivity index (χ1) is 19.1. The number of sulfone groups is 1. The van der Waals surface area contributed by atoms with Gasteiger partial charge in [0.15, 0.2) is 15.7 Å². The summed E-state index contributed by atoms with van der Waals surface area (Å²) in [5.74, 6) is 1.45. The Hall–Kier alpha value is -3.21. The Labute approximate surface area is 240 Å². The molecule has 1 aromatic heterocycles. The average molecular weight is 584 g/mol. The highest BCUT2D eigenvalue weighted by atomic mass is 35.5. The zero-order valence-electron chi connectivity index (χ0n) is 22.9.